The lowest BCUT2D eigenvalue weighted by molar-refractivity contribution is -0.597. The van der Waals surface area contributed by atoms with E-state index in [1.807, 2.05) is 30.3 Å². The molecule has 0 aliphatic heterocycles. The summed E-state index contributed by atoms with van der Waals surface area (Å²) in [5.74, 6) is 0. The fraction of sp³-hybridized carbons (Fsp3) is 0. The van der Waals surface area contributed by atoms with Crippen LogP contribution in [0.4, 0.5) is 0 Å². The SMILES string of the molecule is O=Cc1ccc([I+]c2ccccc2)cc1. The van der Waals surface area contributed by atoms with Crippen LogP contribution in [0.5, 0.6) is 0 Å². The number of benzene rings is 2. The monoisotopic (exact) mass is 309 g/mol. The topological polar surface area (TPSA) is 17.1 Å². The average molecular weight is 309 g/mol. The third-order valence-corrected chi connectivity index (χ3v) is 4.64. The van der Waals surface area contributed by atoms with Crippen molar-refractivity contribution in [1.82, 2.24) is 0 Å². The maximum atomic E-state index is 10.5. The molecule has 74 valence electrons. The lowest BCUT2D eigenvalue weighted by Crippen LogP contribution is -3.61. The van der Waals surface area contributed by atoms with Gasteiger partial charge in [0.2, 0.25) is 0 Å². The van der Waals surface area contributed by atoms with Crippen molar-refractivity contribution in [3.63, 3.8) is 0 Å². The summed E-state index contributed by atoms with van der Waals surface area (Å²) >= 11 is -0.105. The zero-order chi connectivity index (χ0) is 10.5. The molecule has 2 rings (SSSR count). The summed E-state index contributed by atoms with van der Waals surface area (Å²) in [6.07, 6.45) is 0.880. The lowest BCUT2D eigenvalue weighted by Gasteiger charge is -1.88. The van der Waals surface area contributed by atoms with E-state index in [1.165, 1.54) is 7.14 Å². The van der Waals surface area contributed by atoms with Gasteiger partial charge in [0.15, 0.2) is 7.14 Å². The van der Waals surface area contributed by atoms with E-state index in [4.69, 9.17) is 0 Å². The summed E-state index contributed by atoms with van der Waals surface area (Å²) in [4.78, 5) is 10.5. The molecule has 0 saturated heterocycles. The van der Waals surface area contributed by atoms with Crippen molar-refractivity contribution < 1.29 is 26.0 Å². The molecule has 0 N–H and O–H groups in total. The Morgan fingerprint density at radius 3 is 2.00 bits per heavy atom. The van der Waals surface area contributed by atoms with Crippen molar-refractivity contribution in [1.29, 1.82) is 0 Å². The molecule has 0 atom stereocenters. The van der Waals surface area contributed by atoms with Crippen molar-refractivity contribution in [2.75, 3.05) is 0 Å². The van der Waals surface area contributed by atoms with E-state index < -0.39 is 0 Å². The highest BCUT2D eigenvalue weighted by Gasteiger charge is 2.13. The third-order valence-electron chi connectivity index (χ3n) is 1.96. The van der Waals surface area contributed by atoms with Crippen LogP contribution < -0.4 is 21.2 Å². The standard InChI is InChI=1S/C13H10IO/c15-10-11-6-8-13(9-7-11)14-12-4-2-1-3-5-12/h1-10H/q+1. The Morgan fingerprint density at radius 1 is 0.800 bits per heavy atom. The number of carbonyl (C=O) groups is 1. The second kappa shape index (κ2) is 5.07. The zero-order valence-electron chi connectivity index (χ0n) is 8.06. The minimum absolute atomic E-state index is 0.105. The van der Waals surface area contributed by atoms with E-state index in [2.05, 4.69) is 24.3 Å². The maximum Gasteiger partial charge on any atom is 0.357 e. The highest BCUT2D eigenvalue weighted by Crippen LogP contribution is 1.93. The summed E-state index contributed by atoms with van der Waals surface area (Å²) in [5, 5.41) is 0. The van der Waals surface area contributed by atoms with Crippen LogP contribution in [-0.4, -0.2) is 6.29 Å². The first-order valence-corrected chi connectivity index (χ1v) is 6.79. The molecule has 0 radical (unpaired) electrons. The smallest absolute Gasteiger partial charge is 0.298 e. The van der Waals surface area contributed by atoms with Gasteiger partial charge >= 0.3 is 21.2 Å². The molecule has 0 spiro atoms. The summed E-state index contributed by atoms with van der Waals surface area (Å²) in [6, 6.07) is 18.3. The molecule has 2 aromatic carbocycles. The Balaban J connectivity index is 2.15. The predicted octanol–water partition coefficient (Wildman–Crippen LogP) is -0.372. The molecule has 1 nitrogen and oxygen atoms in total. The van der Waals surface area contributed by atoms with Crippen LogP contribution in [0.15, 0.2) is 54.6 Å². The third kappa shape index (κ3) is 2.89. The normalized spacial score (nSPS) is 9.87. The van der Waals surface area contributed by atoms with Crippen LogP contribution in [-0.2, 0) is 0 Å². The molecule has 0 aliphatic carbocycles. The Bertz CT molecular complexity index is 434. The quantitative estimate of drug-likeness (QED) is 0.558. The highest BCUT2D eigenvalue weighted by molar-refractivity contribution is 5.74. The fourth-order valence-corrected chi connectivity index (χ4v) is 3.42. The Morgan fingerprint density at radius 2 is 1.40 bits per heavy atom. The van der Waals surface area contributed by atoms with Crippen molar-refractivity contribution in [2.24, 2.45) is 0 Å². The van der Waals surface area contributed by atoms with Crippen LogP contribution >= 0.6 is 0 Å². The molecule has 0 bridgehead atoms. The van der Waals surface area contributed by atoms with Gasteiger partial charge in [-0.05, 0) is 36.4 Å². The molecule has 0 amide bonds. The lowest BCUT2D eigenvalue weighted by atomic mass is 10.2. The van der Waals surface area contributed by atoms with Crippen LogP contribution in [0, 0.1) is 7.14 Å². The van der Waals surface area contributed by atoms with Crippen LogP contribution in [0.25, 0.3) is 0 Å². The number of rotatable bonds is 3. The van der Waals surface area contributed by atoms with E-state index in [0.29, 0.717) is 0 Å². The van der Waals surface area contributed by atoms with Gasteiger partial charge in [-0.2, -0.15) is 0 Å². The van der Waals surface area contributed by atoms with Gasteiger partial charge in [0.05, 0.1) is 0 Å². The first-order valence-electron chi connectivity index (χ1n) is 4.63. The molecule has 2 heteroatoms. The van der Waals surface area contributed by atoms with E-state index >= 15 is 0 Å². The molecule has 0 fully saturated rings. The number of hydrogen-bond acceptors (Lipinski definition) is 1. The second-order valence-electron chi connectivity index (χ2n) is 3.06. The van der Waals surface area contributed by atoms with E-state index in [-0.39, 0.29) is 21.2 Å². The van der Waals surface area contributed by atoms with Crippen LogP contribution in [0.1, 0.15) is 10.4 Å². The summed E-state index contributed by atoms with van der Waals surface area (Å²) in [6.45, 7) is 0. The summed E-state index contributed by atoms with van der Waals surface area (Å²) in [5.41, 5.74) is 0.746. The molecule has 0 unspecified atom stereocenters. The van der Waals surface area contributed by atoms with Gasteiger partial charge < -0.3 is 0 Å². The van der Waals surface area contributed by atoms with Crippen molar-refractivity contribution in [2.45, 2.75) is 0 Å². The van der Waals surface area contributed by atoms with Gasteiger partial charge in [-0.25, -0.2) is 0 Å². The maximum absolute atomic E-state index is 10.5. The first-order chi connectivity index (χ1) is 7.38. The van der Waals surface area contributed by atoms with Gasteiger partial charge in [0.1, 0.15) is 6.29 Å². The fourth-order valence-electron chi connectivity index (χ4n) is 1.21. The van der Waals surface area contributed by atoms with Crippen molar-refractivity contribution >= 4 is 6.29 Å². The number of carbonyl (C=O) groups excluding carboxylic acids is 1. The molecule has 2 aromatic rings. The number of halogens is 1. The summed E-state index contributed by atoms with van der Waals surface area (Å²) in [7, 11) is 0. The first kappa shape index (κ1) is 10.4. The van der Waals surface area contributed by atoms with Crippen molar-refractivity contribution in [3.8, 4) is 0 Å². The molecular formula is C13H10IO+. The second-order valence-corrected chi connectivity index (χ2v) is 6.09. The van der Waals surface area contributed by atoms with Gasteiger partial charge in [-0.3, -0.25) is 4.79 Å². The average Bonchev–Trinajstić information content (AvgIpc) is 2.31. The van der Waals surface area contributed by atoms with Crippen LogP contribution in [0.2, 0.25) is 0 Å². The van der Waals surface area contributed by atoms with E-state index in [0.717, 1.165) is 11.8 Å². The molecule has 0 aromatic heterocycles. The molecule has 15 heavy (non-hydrogen) atoms. The Kier molecular flexibility index (Phi) is 3.50. The highest BCUT2D eigenvalue weighted by atomic mass is 127. The summed E-state index contributed by atoms with van der Waals surface area (Å²) < 4.78 is 2.74. The molecular weight excluding hydrogens is 299 g/mol. The van der Waals surface area contributed by atoms with Gasteiger partial charge in [0.25, 0.3) is 0 Å². The minimum atomic E-state index is -0.105. The predicted molar refractivity (Wildman–Crippen MR) is 55.7 cm³/mol. The van der Waals surface area contributed by atoms with E-state index in [9.17, 15) is 4.79 Å². The van der Waals surface area contributed by atoms with Gasteiger partial charge in [-0.15, -0.1) is 0 Å². The van der Waals surface area contributed by atoms with E-state index in [1.54, 1.807) is 0 Å². The van der Waals surface area contributed by atoms with Crippen LogP contribution in [0.3, 0.4) is 0 Å². The van der Waals surface area contributed by atoms with Gasteiger partial charge in [-0.1, -0.05) is 18.2 Å². The van der Waals surface area contributed by atoms with Gasteiger partial charge in [0, 0.05) is 5.56 Å². The molecule has 0 saturated carbocycles. The number of aldehydes is 1. The zero-order valence-corrected chi connectivity index (χ0v) is 10.2. The molecule has 0 heterocycles. The number of hydrogen-bond donors (Lipinski definition) is 0. The van der Waals surface area contributed by atoms with Crippen molar-refractivity contribution in [3.05, 3.63) is 67.3 Å². The molecule has 0 aliphatic rings. The Hall–Kier alpha value is -1.16. The Labute approximate surface area is 99.4 Å². The largest absolute Gasteiger partial charge is 0.357 e. The minimum Gasteiger partial charge on any atom is -0.298 e.